The Kier molecular flexibility index (Phi) is 34.7. The molecule has 0 unspecified atom stereocenters. The second kappa shape index (κ2) is 35.7. The Bertz CT molecular complexity index is 599. The van der Waals surface area contributed by atoms with Crippen LogP contribution in [0.4, 0.5) is 0 Å². The molecule has 0 aromatic carbocycles. The van der Waals surface area contributed by atoms with Crippen LogP contribution in [-0.4, -0.2) is 85.9 Å². The van der Waals surface area contributed by atoms with Crippen LogP contribution in [0.3, 0.4) is 0 Å². The number of carbonyl (C=O) groups excluding carboxylic acids is 2. The van der Waals surface area contributed by atoms with Gasteiger partial charge in [-0.3, -0.25) is 14.5 Å². The van der Waals surface area contributed by atoms with E-state index in [1.165, 1.54) is 64.2 Å². The smallest absolute Gasteiger partial charge is 0.305 e. The van der Waals surface area contributed by atoms with Crippen LogP contribution in [0.2, 0.25) is 0 Å². The van der Waals surface area contributed by atoms with E-state index in [-0.39, 0.29) is 18.5 Å². The quantitative estimate of drug-likeness (QED) is 0.0540. The van der Waals surface area contributed by atoms with E-state index in [9.17, 15) is 14.7 Å². The number of aliphatic hydroxyl groups is 1. The number of hydrogen-bond donors (Lipinski definition) is 1. The van der Waals surface area contributed by atoms with E-state index in [4.69, 9.17) is 9.47 Å². The predicted octanol–water partition coefficient (Wildman–Crippen LogP) is 9.09. The fraction of sp³-hybridized carbons (Fsp3) is 0.947. The molecule has 0 amide bonds. The zero-order chi connectivity index (χ0) is 33.1. The van der Waals surface area contributed by atoms with Crippen molar-refractivity contribution in [1.82, 2.24) is 9.80 Å². The topological polar surface area (TPSA) is 79.3 Å². The van der Waals surface area contributed by atoms with Gasteiger partial charge in [0, 0.05) is 32.5 Å². The van der Waals surface area contributed by atoms with Gasteiger partial charge in [0.25, 0.3) is 0 Å². The van der Waals surface area contributed by atoms with E-state index in [1.54, 1.807) is 0 Å². The molecule has 0 aromatic rings. The van der Waals surface area contributed by atoms with Gasteiger partial charge in [-0.05, 0) is 64.6 Å². The minimum Gasteiger partial charge on any atom is -0.466 e. The van der Waals surface area contributed by atoms with E-state index in [0.717, 1.165) is 116 Å². The van der Waals surface area contributed by atoms with E-state index in [1.807, 2.05) is 0 Å². The monoisotopic (exact) mass is 641 g/mol. The van der Waals surface area contributed by atoms with Gasteiger partial charge >= 0.3 is 11.9 Å². The van der Waals surface area contributed by atoms with Crippen molar-refractivity contribution in [3.05, 3.63) is 0 Å². The number of hydrogen-bond acceptors (Lipinski definition) is 7. The number of unbranched alkanes of at least 4 members (excludes halogenated alkanes) is 17. The Labute approximate surface area is 279 Å². The van der Waals surface area contributed by atoms with Crippen LogP contribution in [0.5, 0.6) is 0 Å². The Morgan fingerprint density at radius 1 is 0.422 bits per heavy atom. The summed E-state index contributed by atoms with van der Waals surface area (Å²) < 4.78 is 10.7. The summed E-state index contributed by atoms with van der Waals surface area (Å²) in [4.78, 5) is 29.0. The summed E-state index contributed by atoms with van der Waals surface area (Å²) in [6.45, 7) is 13.7. The molecule has 0 aliphatic rings. The summed E-state index contributed by atoms with van der Waals surface area (Å²) in [5, 5.41) is 9.68. The average molecular weight is 641 g/mol. The standard InChI is InChI=1S/C38H76N2O5/c1-4-7-10-11-12-13-14-15-16-21-30-40(33-34-41)32-31-39(28-22-17-19-26-37(42)44-35-24-8-5-2)29-23-18-20-27-38(43)45-36-25-9-6-3/h41H,4-36H2,1-3H3. The van der Waals surface area contributed by atoms with Crippen LogP contribution in [-0.2, 0) is 19.1 Å². The number of esters is 2. The first-order chi connectivity index (χ1) is 22.1. The van der Waals surface area contributed by atoms with Gasteiger partial charge in [0.2, 0.25) is 0 Å². The molecule has 0 rings (SSSR count). The van der Waals surface area contributed by atoms with Crippen LogP contribution in [0.15, 0.2) is 0 Å². The summed E-state index contributed by atoms with van der Waals surface area (Å²) in [6.07, 6.45) is 26.9. The Morgan fingerprint density at radius 2 is 0.756 bits per heavy atom. The summed E-state index contributed by atoms with van der Waals surface area (Å²) in [5.74, 6) is -0.114. The molecule has 0 atom stereocenters. The van der Waals surface area contributed by atoms with E-state index >= 15 is 0 Å². The lowest BCUT2D eigenvalue weighted by Gasteiger charge is -2.27. The number of nitrogens with zero attached hydrogens (tertiary/aromatic N) is 2. The van der Waals surface area contributed by atoms with Crippen LogP contribution < -0.4 is 0 Å². The van der Waals surface area contributed by atoms with Crippen LogP contribution in [0, 0.1) is 0 Å². The Morgan fingerprint density at radius 3 is 1.16 bits per heavy atom. The minimum atomic E-state index is -0.0570. The first-order valence-corrected chi connectivity index (χ1v) is 19.4. The van der Waals surface area contributed by atoms with Crippen molar-refractivity contribution in [2.75, 3.05) is 59.1 Å². The third kappa shape index (κ3) is 32.5. The van der Waals surface area contributed by atoms with Crippen LogP contribution in [0.1, 0.15) is 175 Å². The maximum Gasteiger partial charge on any atom is 0.305 e. The highest BCUT2D eigenvalue weighted by Crippen LogP contribution is 2.12. The summed E-state index contributed by atoms with van der Waals surface area (Å²) in [6, 6.07) is 0. The van der Waals surface area contributed by atoms with Gasteiger partial charge in [-0.2, -0.15) is 0 Å². The van der Waals surface area contributed by atoms with Crippen molar-refractivity contribution >= 4 is 11.9 Å². The summed E-state index contributed by atoms with van der Waals surface area (Å²) in [5.41, 5.74) is 0. The van der Waals surface area contributed by atoms with Gasteiger partial charge in [0.05, 0.1) is 19.8 Å². The first-order valence-electron chi connectivity index (χ1n) is 19.4. The molecule has 45 heavy (non-hydrogen) atoms. The van der Waals surface area contributed by atoms with Crippen molar-refractivity contribution in [2.45, 2.75) is 175 Å². The number of aliphatic hydroxyl groups excluding tert-OH is 1. The fourth-order valence-corrected chi connectivity index (χ4v) is 5.70. The third-order valence-electron chi connectivity index (χ3n) is 8.71. The summed E-state index contributed by atoms with van der Waals surface area (Å²) in [7, 11) is 0. The Hall–Kier alpha value is -1.18. The Balaban J connectivity index is 4.45. The number of ether oxygens (including phenoxy) is 2. The molecule has 0 spiro atoms. The minimum absolute atomic E-state index is 0.0570. The van der Waals surface area contributed by atoms with Crippen molar-refractivity contribution in [2.24, 2.45) is 0 Å². The largest absolute Gasteiger partial charge is 0.466 e. The van der Waals surface area contributed by atoms with E-state index in [2.05, 4.69) is 30.6 Å². The van der Waals surface area contributed by atoms with Gasteiger partial charge in [0.1, 0.15) is 0 Å². The molecular weight excluding hydrogens is 564 g/mol. The molecule has 0 aliphatic heterocycles. The van der Waals surface area contributed by atoms with Crippen molar-refractivity contribution in [3.63, 3.8) is 0 Å². The molecule has 1 N–H and O–H groups in total. The second-order valence-electron chi connectivity index (χ2n) is 13.1. The molecule has 0 aliphatic carbocycles. The molecule has 0 heterocycles. The average Bonchev–Trinajstić information content (AvgIpc) is 3.03. The van der Waals surface area contributed by atoms with Crippen molar-refractivity contribution in [1.29, 1.82) is 0 Å². The highest BCUT2D eigenvalue weighted by molar-refractivity contribution is 5.69. The van der Waals surface area contributed by atoms with E-state index < -0.39 is 0 Å². The molecule has 7 nitrogen and oxygen atoms in total. The zero-order valence-corrected chi connectivity index (χ0v) is 30.3. The van der Waals surface area contributed by atoms with Gasteiger partial charge in [-0.1, -0.05) is 117 Å². The van der Waals surface area contributed by atoms with Crippen LogP contribution >= 0.6 is 0 Å². The van der Waals surface area contributed by atoms with Gasteiger partial charge in [-0.15, -0.1) is 0 Å². The van der Waals surface area contributed by atoms with Crippen LogP contribution in [0.25, 0.3) is 0 Å². The highest BCUT2D eigenvalue weighted by atomic mass is 16.5. The maximum absolute atomic E-state index is 12.0. The van der Waals surface area contributed by atoms with Gasteiger partial charge < -0.3 is 19.5 Å². The van der Waals surface area contributed by atoms with Gasteiger partial charge in [0.15, 0.2) is 0 Å². The number of carbonyl (C=O) groups is 2. The van der Waals surface area contributed by atoms with Crippen molar-refractivity contribution in [3.8, 4) is 0 Å². The molecule has 0 saturated heterocycles. The highest BCUT2D eigenvalue weighted by Gasteiger charge is 2.11. The number of rotatable bonds is 36. The molecule has 0 aromatic heterocycles. The molecule has 0 radical (unpaired) electrons. The molecule has 0 bridgehead atoms. The molecule has 268 valence electrons. The molecular formula is C38H76N2O5. The molecule has 0 saturated carbocycles. The van der Waals surface area contributed by atoms with Crippen molar-refractivity contribution < 1.29 is 24.2 Å². The fourth-order valence-electron chi connectivity index (χ4n) is 5.70. The third-order valence-corrected chi connectivity index (χ3v) is 8.71. The summed E-state index contributed by atoms with van der Waals surface area (Å²) >= 11 is 0. The lowest BCUT2D eigenvalue weighted by Crippen LogP contribution is -2.38. The normalized spacial score (nSPS) is 11.5. The first kappa shape index (κ1) is 43.8. The predicted molar refractivity (Wildman–Crippen MR) is 190 cm³/mol. The van der Waals surface area contributed by atoms with Gasteiger partial charge in [-0.25, -0.2) is 0 Å². The van der Waals surface area contributed by atoms with E-state index in [0.29, 0.717) is 26.1 Å². The molecule has 7 heteroatoms. The maximum atomic E-state index is 12.0. The second-order valence-corrected chi connectivity index (χ2v) is 13.1. The lowest BCUT2D eigenvalue weighted by atomic mass is 10.1. The SMILES string of the molecule is CCCCCCCCCCCCN(CCO)CCN(CCCCCC(=O)OCCCCC)CCCCCC(=O)OCCCCC. The lowest BCUT2D eigenvalue weighted by molar-refractivity contribution is -0.144. The molecule has 0 fully saturated rings. The zero-order valence-electron chi connectivity index (χ0n) is 30.3.